The summed E-state index contributed by atoms with van der Waals surface area (Å²) in [5.74, 6) is -0.461. The van der Waals surface area contributed by atoms with Crippen molar-refractivity contribution in [3.8, 4) is 5.82 Å². The average Bonchev–Trinajstić information content (AvgIpc) is 2.66. The molecule has 82 valence electrons. The first-order valence-corrected chi connectivity index (χ1v) is 4.89. The lowest BCUT2D eigenvalue weighted by Crippen LogP contribution is -2.12. The molecule has 2 heterocycles. The molecule has 0 fully saturated rings. The fourth-order valence-electron chi connectivity index (χ4n) is 1.05. The van der Waals surface area contributed by atoms with Gasteiger partial charge in [0.1, 0.15) is 11.3 Å². The van der Waals surface area contributed by atoms with Gasteiger partial charge in [0.15, 0.2) is 11.6 Å². The van der Waals surface area contributed by atoms with E-state index in [2.05, 4.69) is 27.3 Å². The Bertz CT molecular complexity index is 555. The largest absolute Gasteiger partial charge is 0.387 e. The van der Waals surface area contributed by atoms with E-state index >= 15 is 0 Å². The standard InChI is InChI=1S/C8H5ClFN5S/c9-4-1-5(10)8(12-2-4)15-3-13-7(14-15)6(11)16/h1-3H,(H2,11,16). The first-order chi connectivity index (χ1) is 7.58. The van der Waals surface area contributed by atoms with Gasteiger partial charge in [0.25, 0.3) is 0 Å². The number of hydrogen-bond donors (Lipinski definition) is 1. The molecule has 0 aliphatic carbocycles. The van der Waals surface area contributed by atoms with Crippen LogP contribution in [-0.2, 0) is 0 Å². The number of aromatic nitrogens is 4. The van der Waals surface area contributed by atoms with Crippen molar-refractivity contribution in [1.82, 2.24) is 19.7 Å². The van der Waals surface area contributed by atoms with E-state index in [0.717, 1.165) is 10.7 Å². The lowest BCUT2D eigenvalue weighted by Gasteiger charge is -2.00. The van der Waals surface area contributed by atoms with Gasteiger partial charge in [-0.2, -0.15) is 4.68 Å². The van der Waals surface area contributed by atoms with Gasteiger partial charge >= 0.3 is 0 Å². The predicted octanol–water partition coefficient (Wildman–Crippen LogP) is 1.09. The van der Waals surface area contributed by atoms with Gasteiger partial charge in [0.2, 0.25) is 5.82 Å². The van der Waals surface area contributed by atoms with Crippen molar-refractivity contribution in [3.63, 3.8) is 0 Å². The molecule has 0 amide bonds. The molecule has 0 spiro atoms. The number of halogens is 2. The Kier molecular flexibility index (Phi) is 2.80. The number of rotatable bonds is 2. The Morgan fingerprint density at radius 2 is 2.25 bits per heavy atom. The Balaban J connectivity index is 2.46. The zero-order valence-corrected chi connectivity index (χ0v) is 9.33. The summed E-state index contributed by atoms with van der Waals surface area (Å²) in [7, 11) is 0. The molecule has 0 unspecified atom stereocenters. The van der Waals surface area contributed by atoms with Crippen LogP contribution in [0.4, 0.5) is 4.39 Å². The van der Waals surface area contributed by atoms with Crippen LogP contribution in [0.1, 0.15) is 5.82 Å². The summed E-state index contributed by atoms with van der Waals surface area (Å²) in [6, 6.07) is 1.13. The Hall–Kier alpha value is -1.60. The highest BCUT2D eigenvalue weighted by molar-refractivity contribution is 7.80. The van der Waals surface area contributed by atoms with Gasteiger partial charge in [-0.3, -0.25) is 0 Å². The fourth-order valence-corrected chi connectivity index (χ4v) is 1.29. The molecule has 2 aromatic rings. The maximum absolute atomic E-state index is 13.4. The molecule has 0 atom stereocenters. The van der Waals surface area contributed by atoms with Crippen LogP contribution in [0.5, 0.6) is 0 Å². The predicted molar refractivity (Wildman–Crippen MR) is 60.0 cm³/mol. The molecule has 0 saturated carbocycles. The molecule has 0 aromatic carbocycles. The van der Waals surface area contributed by atoms with Gasteiger partial charge in [-0.25, -0.2) is 14.4 Å². The third kappa shape index (κ3) is 2.00. The molecule has 2 N–H and O–H groups in total. The van der Waals surface area contributed by atoms with E-state index in [1.54, 1.807) is 0 Å². The molecule has 2 aromatic heterocycles. The monoisotopic (exact) mass is 257 g/mol. The van der Waals surface area contributed by atoms with Gasteiger partial charge in [0.05, 0.1) is 5.02 Å². The molecule has 16 heavy (non-hydrogen) atoms. The highest BCUT2D eigenvalue weighted by atomic mass is 35.5. The Morgan fingerprint density at radius 3 is 2.81 bits per heavy atom. The van der Waals surface area contributed by atoms with Crippen molar-refractivity contribution >= 4 is 28.8 Å². The molecular formula is C8H5ClFN5S. The molecule has 2 rings (SSSR count). The summed E-state index contributed by atoms with van der Waals surface area (Å²) in [4.78, 5) is 7.63. The van der Waals surface area contributed by atoms with E-state index in [-0.39, 0.29) is 21.7 Å². The second kappa shape index (κ2) is 4.11. The number of nitrogens with two attached hydrogens (primary N) is 1. The molecule has 0 aliphatic heterocycles. The van der Waals surface area contributed by atoms with Crippen molar-refractivity contribution in [3.05, 3.63) is 35.3 Å². The van der Waals surface area contributed by atoms with Gasteiger partial charge in [-0.15, -0.1) is 5.10 Å². The first kappa shape index (κ1) is 10.9. The quantitative estimate of drug-likeness (QED) is 0.816. The van der Waals surface area contributed by atoms with Crippen LogP contribution in [0.3, 0.4) is 0 Å². The summed E-state index contributed by atoms with van der Waals surface area (Å²) in [6.45, 7) is 0. The number of nitrogens with zero attached hydrogens (tertiary/aromatic N) is 4. The highest BCUT2D eigenvalue weighted by Crippen LogP contribution is 2.14. The summed E-state index contributed by atoms with van der Waals surface area (Å²) in [5, 5.41) is 4.07. The maximum atomic E-state index is 13.4. The number of hydrogen-bond acceptors (Lipinski definition) is 4. The first-order valence-electron chi connectivity index (χ1n) is 4.11. The van der Waals surface area contributed by atoms with Crippen molar-refractivity contribution in [2.45, 2.75) is 0 Å². The van der Waals surface area contributed by atoms with Gasteiger partial charge < -0.3 is 5.73 Å². The highest BCUT2D eigenvalue weighted by Gasteiger charge is 2.10. The van der Waals surface area contributed by atoms with Crippen LogP contribution in [0.2, 0.25) is 5.02 Å². The van der Waals surface area contributed by atoms with Gasteiger partial charge in [-0.1, -0.05) is 23.8 Å². The summed E-state index contributed by atoms with van der Waals surface area (Å²) >= 11 is 10.3. The van der Waals surface area contributed by atoms with Crippen molar-refractivity contribution in [2.24, 2.45) is 5.73 Å². The zero-order chi connectivity index (χ0) is 11.7. The summed E-state index contributed by atoms with van der Waals surface area (Å²) in [5.41, 5.74) is 5.33. The molecule has 8 heteroatoms. The topological polar surface area (TPSA) is 69.6 Å². The minimum Gasteiger partial charge on any atom is -0.387 e. The van der Waals surface area contributed by atoms with Crippen molar-refractivity contribution in [2.75, 3.05) is 0 Å². The van der Waals surface area contributed by atoms with E-state index in [9.17, 15) is 4.39 Å². The van der Waals surface area contributed by atoms with Gasteiger partial charge in [-0.05, 0) is 6.07 Å². The molecular weight excluding hydrogens is 253 g/mol. The van der Waals surface area contributed by atoms with Crippen LogP contribution < -0.4 is 5.73 Å². The minimum atomic E-state index is -0.605. The lowest BCUT2D eigenvalue weighted by molar-refractivity contribution is 0.600. The van der Waals surface area contributed by atoms with Crippen molar-refractivity contribution < 1.29 is 4.39 Å². The average molecular weight is 258 g/mol. The van der Waals surface area contributed by atoms with E-state index in [1.807, 2.05) is 0 Å². The van der Waals surface area contributed by atoms with Crippen LogP contribution in [-0.4, -0.2) is 24.7 Å². The molecule has 0 aliphatic rings. The normalized spacial score (nSPS) is 10.4. The Labute approximate surface area is 100 Å². The third-order valence-electron chi connectivity index (χ3n) is 1.72. The summed E-state index contributed by atoms with van der Waals surface area (Å²) in [6.07, 6.45) is 2.58. The molecule has 0 saturated heterocycles. The molecule has 5 nitrogen and oxygen atoms in total. The van der Waals surface area contributed by atoms with Crippen LogP contribution in [0, 0.1) is 5.82 Å². The smallest absolute Gasteiger partial charge is 0.208 e. The maximum Gasteiger partial charge on any atom is 0.208 e. The van der Waals surface area contributed by atoms with Crippen LogP contribution in [0.15, 0.2) is 18.6 Å². The van der Waals surface area contributed by atoms with Crippen LogP contribution in [0.25, 0.3) is 5.82 Å². The fraction of sp³-hybridized carbons (Fsp3) is 0. The number of thiocarbonyl (C=S) groups is 1. The number of pyridine rings is 1. The van der Waals surface area contributed by atoms with E-state index in [0.29, 0.717) is 0 Å². The summed E-state index contributed by atoms with van der Waals surface area (Å²) < 4.78 is 14.6. The second-order valence-corrected chi connectivity index (χ2v) is 3.71. The van der Waals surface area contributed by atoms with Gasteiger partial charge in [0, 0.05) is 6.20 Å². The minimum absolute atomic E-state index is 0.0144. The lowest BCUT2D eigenvalue weighted by atomic mass is 10.4. The molecule has 0 bridgehead atoms. The molecule has 0 radical (unpaired) electrons. The van der Waals surface area contributed by atoms with Crippen molar-refractivity contribution in [1.29, 1.82) is 0 Å². The Morgan fingerprint density at radius 1 is 1.50 bits per heavy atom. The van der Waals surface area contributed by atoms with E-state index < -0.39 is 5.82 Å². The second-order valence-electron chi connectivity index (χ2n) is 2.84. The van der Waals surface area contributed by atoms with E-state index in [4.69, 9.17) is 17.3 Å². The SMILES string of the molecule is NC(=S)c1ncn(-c2ncc(Cl)cc2F)n1. The van der Waals surface area contributed by atoms with Crippen LogP contribution >= 0.6 is 23.8 Å². The third-order valence-corrected chi connectivity index (χ3v) is 2.11. The zero-order valence-electron chi connectivity index (χ0n) is 7.76. The van der Waals surface area contributed by atoms with E-state index in [1.165, 1.54) is 12.5 Å².